The van der Waals surface area contributed by atoms with Gasteiger partial charge in [-0.05, 0) is 21.1 Å². The summed E-state index contributed by atoms with van der Waals surface area (Å²) in [5, 5.41) is 22.0. The number of H-pyrrole nitrogens is 2. The molecule has 0 spiro atoms. The van der Waals surface area contributed by atoms with Gasteiger partial charge in [0.25, 0.3) is 0 Å². The van der Waals surface area contributed by atoms with Crippen LogP contribution in [0.5, 0.6) is 5.88 Å². The third-order valence-electron chi connectivity index (χ3n) is 1.20. The zero-order chi connectivity index (χ0) is 8.55. The van der Waals surface area contributed by atoms with E-state index < -0.39 is 0 Å². The highest BCUT2D eigenvalue weighted by Gasteiger charge is 2.10. The lowest BCUT2D eigenvalue weighted by Gasteiger charge is -1.80. The fraction of sp³-hybridized carbons (Fsp3) is 0. The van der Waals surface area contributed by atoms with Gasteiger partial charge in [-0.15, -0.1) is 10.2 Å². The molecule has 3 N–H and O–H groups in total. The maximum Gasteiger partial charge on any atom is 0.244 e. The van der Waals surface area contributed by atoms with E-state index >= 15 is 0 Å². The number of rotatable bonds is 1. The second-order valence-electron chi connectivity index (χ2n) is 1.96. The molecule has 0 fully saturated rings. The Kier molecular flexibility index (Phi) is 1.54. The number of aromatic amines is 2. The van der Waals surface area contributed by atoms with Crippen LogP contribution in [0.4, 0.5) is 0 Å². The van der Waals surface area contributed by atoms with E-state index in [9.17, 15) is 0 Å². The Labute approximate surface area is 74.4 Å². The topological polar surface area (TPSA) is 103 Å². The summed E-state index contributed by atoms with van der Waals surface area (Å²) in [6.07, 6.45) is 0. The molecule has 0 unspecified atom stereocenters. The van der Waals surface area contributed by atoms with Gasteiger partial charge in [-0.1, -0.05) is 0 Å². The lowest BCUT2D eigenvalue weighted by atomic mass is 10.6. The molecule has 0 radical (unpaired) electrons. The standard InChI is InChI=1S/C4H3BrN6O/c5-1-4(12)7-2(6-1)3-8-10-11-9-3/h12H,(H,6,7)(H,8,9,10,11). The van der Waals surface area contributed by atoms with Gasteiger partial charge in [0, 0.05) is 0 Å². The highest BCUT2D eigenvalue weighted by molar-refractivity contribution is 9.10. The predicted molar refractivity (Wildman–Crippen MR) is 41.1 cm³/mol. The van der Waals surface area contributed by atoms with E-state index in [1.807, 2.05) is 0 Å². The summed E-state index contributed by atoms with van der Waals surface area (Å²) in [5.41, 5.74) is 0. The van der Waals surface area contributed by atoms with Gasteiger partial charge < -0.3 is 10.1 Å². The second kappa shape index (κ2) is 2.55. The first-order valence-corrected chi connectivity index (χ1v) is 3.75. The van der Waals surface area contributed by atoms with Crippen LogP contribution in [0.15, 0.2) is 4.60 Å². The van der Waals surface area contributed by atoms with Crippen molar-refractivity contribution in [2.75, 3.05) is 0 Å². The summed E-state index contributed by atoms with van der Waals surface area (Å²) in [6.45, 7) is 0. The highest BCUT2D eigenvalue weighted by Crippen LogP contribution is 2.22. The van der Waals surface area contributed by atoms with Crippen LogP contribution in [0.3, 0.4) is 0 Å². The van der Waals surface area contributed by atoms with E-state index in [-0.39, 0.29) is 5.88 Å². The fourth-order valence-corrected chi connectivity index (χ4v) is 0.987. The molecule has 0 aliphatic carbocycles. The molecule has 8 heteroatoms. The van der Waals surface area contributed by atoms with Crippen molar-refractivity contribution in [2.45, 2.75) is 0 Å². The van der Waals surface area contributed by atoms with Crippen molar-refractivity contribution in [3.8, 4) is 17.5 Å². The minimum Gasteiger partial charge on any atom is -0.491 e. The van der Waals surface area contributed by atoms with Crippen molar-refractivity contribution in [1.29, 1.82) is 0 Å². The van der Waals surface area contributed by atoms with E-state index in [1.54, 1.807) is 0 Å². The van der Waals surface area contributed by atoms with Crippen LogP contribution in [0.25, 0.3) is 11.6 Å². The van der Waals surface area contributed by atoms with Crippen LogP contribution in [0.2, 0.25) is 0 Å². The molecule has 7 nitrogen and oxygen atoms in total. The van der Waals surface area contributed by atoms with E-state index in [0.717, 1.165) is 0 Å². The molecular formula is C4H3BrN6O. The zero-order valence-electron chi connectivity index (χ0n) is 5.61. The van der Waals surface area contributed by atoms with E-state index in [4.69, 9.17) is 5.11 Å². The Balaban J connectivity index is 2.48. The van der Waals surface area contributed by atoms with Crippen molar-refractivity contribution in [2.24, 2.45) is 0 Å². The fourth-order valence-electron chi connectivity index (χ4n) is 0.711. The largest absolute Gasteiger partial charge is 0.491 e. The molecule has 0 aliphatic rings. The number of hydrogen-bond donors (Lipinski definition) is 3. The van der Waals surface area contributed by atoms with Gasteiger partial charge >= 0.3 is 0 Å². The van der Waals surface area contributed by atoms with Gasteiger partial charge in [0.2, 0.25) is 11.7 Å². The summed E-state index contributed by atoms with van der Waals surface area (Å²) < 4.78 is 0.391. The van der Waals surface area contributed by atoms with Crippen LogP contribution in [0, 0.1) is 0 Å². The SMILES string of the molecule is Oc1nc(-c2nn[nH]n2)[nH]c1Br. The monoisotopic (exact) mass is 230 g/mol. The Morgan fingerprint density at radius 1 is 1.42 bits per heavy atom. The maximum absolute atomic E-state index is 9.06. The van der Waals surface area contributed by atoms with Crippen molar-refractivity contribution < 1.29 is 5.11 Å². The van der Waals surface area contributed by atoms with Gasteiger partial charge in [-0.2, -0.15) is 10.2 Å². The molecule has 0 aromatic carbocycles. The molecule has 0 amide bonds. The number of nitrogens with one attached hydrogen (secondary N) is 2. The molecule has 2 aromatic rings. The Morgan fingerprint density at radius 2 is 2.25 bits per heavy atom. The molecule has 0 saturated heterocycles. The lowest BCUT2D eigenvalue weighted by Crippen LogP contribution is -1.82. The lowest BCUT2D eigenvalue weighted by molar-refractivity contribution is 0.453. The first kappa shape index (κ1) is 7.22. The molecule has 2 rings (SSSR count). The molecule has 2 heterocycles. The van der Waals surface area contributed by atoms with Gasteiger partial charge in [0.15, 0.2) is 5.82 Å². The first-order chi connectivity index (χ1) is 5.77. The molecule has 0 bridgehead atoms. The number of aromatic nitrogens is 6. The molecule has 0 saturated carbocycles. The third-order valence-corrected chi connectivity index (χ3v) is 1.75. The van der Waals surface area contributed by atoms with Crippen molar-refractivity contribution in [3.63, 3.8) is 0 Å². The minimum atomic E-state index is -0.130. The predicted octanol–water partition coefficient (Wildman–Crippen LogP) is 0.0579. The summed E-state index contributed by atoms with van der Waals surface area (Å²) in [4.78, 5) is 6.44. The average molecular weight is 231 g/mol. The second-order valence-corrected chi connectivity index (χ2v) is 2.75. The molecule has 12 heavy (non-hydrogen) atoms. The first-order valence-electron chi connectivity index (χ1n) is 2.95. The van der Waals surface area contributed by atoms with Gasteiger partial charge in [0.1, 0.15) is 4.60 Å². The number of aromatic hydroxyl groups is 1. The third kappa shape index (κ3) is 1.05. The van der Waals surface area contributed by atoms with E-state index in [0.29, 0.717) is 16.3 Å². The van der Waals surface area contributed by atoms with E-state index in [1.165, 1.54) is 0 Å². The van der Waals surface area contributed by atoms with E-state index in [2.05, 4.69) is 46.5 Å². The molecule has 0 atom stereocenters. The van der Waals surface area contributed by atoms with Crippen LogP contribution < -0.4 is 0 Å². The van der Waals surface area contributed by atoms with Gasteiger partial charge in [-0.3, -0.25) is 0 Å². The van der Waals surface area contributed by atoms with Crippen LogP contribution in [-0.2, 0) is 0 Å². The number of nitrogens with zero attached hydrogens (tertiary/aromatic N) is 4. The van der Waals surface area contributed by atoms with Crippen LogP contribution in [0.1, 0.15) is 0 Å². The zero-order valence-corrected chi connectivity index (χ0v) is 7.20. The summed E-state index contributed by atoms with van der Waals surface area (Å²) >= 11 is 3.05. The number of tetrazole rings is 1. The molecular weight excluding hydrogens is 228 g/mol. The average Bonchev–Trinajstić information content (AvgIpc) is 2.61. The number of imidazole rings is 1. The Hall–Kier alpha value is -1.44. The van der Waals surface area contributed by atoms with Gasteiger partial charge in [0.05, 0.1) is 0 Å². The van der Waals surface area contributed by atoms with Crippen molar-refractivity contribution >= 4 is 15.9 Å². The number of hydrogen-bond acceptors (Lipinski definition) is 5. The normalized spacial score (nSPS) is 10.4. The number of halogens is 1. The quantitative estimate of drug-likeness (QED) is 0.643. The van der Waals surface area contributed by atoms with Gasteiger partial charge in [-0.25, -0.2) is 0 Å². The van der Waals surface area contributed by atoms with Crippen LogP contribution >= 0.6 is 15.9 Å². The molecule has 62 valence electrons. The van der Waals surface area contributed by atoms with Crippen molar-refractivity contribution in [3.05, 3.63) is 4.60 Å². The Bertz CT molecular complexity index is 361. The highest BCUT2D eigenvalue weighted by atomic mass is 79.9. The smallest absolute Gasteiger partial charge is 0.244 e. The minimum absolute atomic E-state index is 0.130. The molecule has 0 aliphatic heterocycles. The summed E-state index contributed by atoms with van der Waals surface area (Å²) in [5.74, 6) is 0.527. The summed E-state index contributed by atoms with van der Waals surface area (Å²) in [7, 11) is 0. The van der Waals surface area contributed by atoms with Crippen LogP contribution in [-0.4, -0.2) is 35.7 Å². The molecule has 2 aromatic heterocycles. The maximum atomic E-state index is 9.06. The summed E-state index contributed by atoms with van der Waals surface area (Å²) in [6, 6.07) is 0. The Morgan fingerprint density at radius 3 is 2.75 bits per heavy atom. The van der Waals surface area contributed by atoms with Crippen molar-refractivity contribution in [1.82, 2.24) is 30.6 Å².